The average molecular weight is 205 g/mol. The van der Waals surface area contributed by atoms with Crippen LogP contribution in [0.4, 0.5) is 5.82 Å². The molecular formula is C10H11N3O2. The summed E-state index contributed by atoms with van der Waals surface area (Å²) in [7, 11) is 0. The molecule has 5 heteroatoms. The molecule has 0 saturated heterocycles. The number of nitrogens with zero attached hydrogens (tertiary/aromatic N) is 2. The monoisotopic (exact) mass is 205 g/mol. The molecule has 0 fully saturated rings. The molecule has 5 nitrogen and oxygen atoms in total. The van der Waals surface area contributed by atoms with E-state index >= 15 is 0 Å². The van der Waals surface area contributed by atoms with E-state index in [1.165, 1.54) is 6.92 Å². The molecule has 2 heterocycles. The van der Waals surface area contributed by atoms with Crippen molar-refractivity contribution in [1.29, 1.82) is 0 Å². The van der Waals surface area contributed by atoms with Crippen LogP contribution in [0.25, 0.3) is 0 Å². The number of rotatable bonds is 3. The molecule has 0 aromatic carbocycles. The summed E-state index contributed by atoms with van der Waals surface area (Å²) in [5, 5.41) is 4.01. The maximum atomic E-state index is 11.0. The Morgan fingerprint density at radius 1 is 1.53 bits per heavy atom. The molecule has 2 rings (SSSR count). The van der Waals surface area contributed by atoms with E-state index in [1.54, 1.807) is 29.1 Å². The fraction of sp³-hybridized carbons (Fsp3) is 0.200. The standard InChI is InChI=1S/C10H11N3O2/c1-7(14)9-3-2-8(15-9)6-13-5-4-10(11)12-13/h2-5H,6H2,1H3,(H2,11,12). The predicted octanol–water partition coefficient (Wildman–Crippen LogP) is 1.31. The lowest BCUT2D eigenvalue weighted by Gasteiger charge is -1.96. The van der Waals surface area contributed by atoms with Crippen molar-refractivity contribution in [3.05, 3.63) is 35.9 Å². The first-order valence-electron chi connectivity index (χ1n) is 4.54. The highest BCUT2D eigenvalue weighted by Gasteiger charge is 2.06. The van der Waals surface area contributed by atoms with Gasteiger partial charge in [0.2, 0.25) is 0 Å². The number of hydrogen-bond donors (Lipinski definition) is 1. The van der Waals surface area contributed by atoms with Crippen LogP contribution >= 0.6 is 0 Å². The summed E-state index contributed by atoms with van der Waals surface area (Å²) in [6.07, 6.45) is 1.76. The van der Waals surface area contributed by atoms with Gasteiger partial charge in [-0.1, -0.05) is 0 Å². The van der Waals surface area contributed by atoms with Gasteiger partial charge in [-0.15, -0.1) is 0 Å². The van der Waals surface area contributed by atoms with E-state index in [1.807, 2.05) is 0 Å². The molecule has 2 aromatic rings. The van der Waals surface area contributed by atoms with E-state index in [0.29, 0.717) is 23.9 Å². The number of anilines is 1. The SMILES string of the molecule is CC(=O)c1ccc(Cn2ccc(N)n2)o1. The van der Waals surface area contributed by atoms with Gasteiger partial charge in [0, 0.05) is 13.1 Å². The third kappa shape index (κ3) is 2.07. The van der Waals surface area contributed by atoms with Crippen LogP contribution in [0, 0.1) is 0 Å². The van der Waals surface area contributed by atoms with Crippen LogP contribution in [0.3, 0.4) is 0 Å². The summed E-state index contributed by atoms with van der Waals surface area (Å²) in [5.74, 6) is 1.43. The number of furan rings is 1. The largest absolute Gasteiger partial charge is 0.456 e. The molecule has 0 aliphatic rings. The summed E-state index contributed by atoms with van der Waals surface area (Å²) in [6, 6.07) is 5.12. The van der Waals surface area contributed by atoms with Crippen molar-refractivity contribution in [1.82, 2.24) is 9.78 Å². The molecule has 0 spiro atoms. The Morgan fingerprint density at radius 2 is 2.33 bits per heavy atom. The zero-order valence-corrected chi connectivity index (χ0v) is 8.30. The summed E-state index contributed by atoms with van der Waals surface area (Å²) in [4.78, 5) is 11.0. The highest BCUT2D eigenvalue weighted by Crippen LogP contribution is 2.10. The van der Waals surface area contributed by atoms with E-state index in [4.69, 9.17) is 10.2 Å². The summed E-state index contributed by atoms with van der Waals surface area (Å²) >= 11 is 0. The molecule has 15 heavy (non-hydrogen) atoms. The minimum atomic E-state index is -0.0822. The second kappa shape index (κ2) is 3.61. The summed E-state index contributed by atoms with van der Waals surface area (Å²) in [5.41, 5.74) is 5.47. The Hall–Kier alpha value is -2.04. The first-order chi connectivity index (χ1) is 7.15. The van der Waals surface area contributed by atoms with Gasteiger partial charge in [-0.2, -0.15) is 5.10 Å². The van der Waals surface area contributed by atoms with Gasteiger partial charge in [-0.05, 0) is 18.2 Å². The Kier molecular flexibility index (Phi) is 2.29. The van der Waals surface area contributed by atoms with Gasteiger partial charge in [0.25, 0.3) is 0 Å². The Labute approximate surface area is 86.5 Å². The molecule has 0 amide bonds. The van der Waals surface area contributed by atoms with Crippen LogP contribution < -0.4 is 5.73 Å². The van der Waals surface area contributed by atoms with Crippen LogP contribution in [-0.2, 0) is 6.54 Å². The van der Waals surface area contributed by atoms with Gasteiger partial charge in [-0.3, -0.25) is 9.48 Å². The number of Topliss-reactive ketones (excluding diaryl/α,β-unsaturated/α-hetero) is 1. The molecule has 0 aliphatic carbocycles. The molecule has 0 unspecified atom stereocenters. The van der Waals surface area contributed by atoms with E-state index in [9.17, 15) is 4.79 Å². The highest BCUT2D eigenvalue weighted by molar-refractivity contribution is 5.91. The number of ketones is 1. The third-order valence-electron chi connectivity index (χ3n) is 1.99. The maximum absolute atomic E-state index is 11.0. The van der Waals surface area contributed by atoms with Crippen molar-refractivity contribution in [2.75, 3.05) is 5.73 Å². The highest BCUT2D eigenvalue weighted by atomic mass is 16.3. The normalized spacial score (nSPS) is 10.5. The first kappa shape index (κ1) is 9.51. The Balaban J connectivity index is 2.14. The van der Waals surface area contributed by atoms with Crippen molar-refractivity contribution in [2.45, 2.75) is 13.5 Å². The van der Waals surface area contributed by atoms with Gasteiger partial charge in [0.15, 0.2) is 11.5 Å². The minimum absolute atomic E-state index is 0.0822. The van der Waals surface area contributed by atoms with E-state index in [-0.39, 0.29) is 5.78 Å². The third-order valence-corrected chi connectivity index (χ3v) is 1.99. The van der Waals surface area contributed by atoms with E-state index < -0.39 is 0 Å². The minimum Gasteiger partial charge on any atom is -0.456 e. The summed E-state index contributed by atoms with van der Waals surface area (Å²) < 4.78 is 6.96. The van der Waals surface area contributed by atoms with Crippen LogP contribution in [0.1, 0.15) is 23.2 Å². The van der Waals surface area contributed by atoms with Crippen molar-refractivity contribution in [3.8, 4) is 0 Å². The number of nitrogen functional groups attached to an aromatic ring is 1. The molecule has 0 bridgehead atoms. The fourth-order valence-electron chi connectivity index (χ4n) is 1.28. The van der Waals surface area contributed by atoms with Crippen molar-refractivity contribution in [2.24, 2.45) is 0 Å². The topological polar surface area (TPSA) is 74.0 Å². The van der Waals surface area contributed by atoms with Crippen molar-refractivity contribution < 1.29 is 9.21 Å². The van der Waals surface area contributed by atoms with Gasteiger partial charge < -0.3 is 10.2 Å². The molecule has 0 radical (unpaired) electrons. The van der Waals surface area contributed by atoms with Crippen LogP contribution in [0.15, 0.2) is 28.8 Å². The van der Waals surface area contributed by atoms with Crippen molar-refractivity contribution >= 4 is 11.6 Å². The Bertz CT molecular complexity index is 484. The number of carbonyl (C=O) groups excluding carboxylic acids is 1. The lowest BCUT2D eigenvalue weighted by atomic mass is 10.3. The van der Waals surface area contributed by atoms with Gasteiger partial charge in [0.1, 0.15) is 11.6 Å². The second-order valence-electron chi connectivity index (χ2n) is 3.26. The zero-order valence-electron chi connectivity index (χ0n) is 8.30. The average Bonchev–Trinajstić information content (AvgIpc) is 2.76. The molecule has 0 saturated carbocycles. The molecule has 78 valence electrons. The van der Waals surface area contributed by atoms with Gasteiger partial charge >= 0.3 is 0 Å². The Morgan fingerprint density at radius 3 is 2.87 bits per heavy atom. The van der Waals surface area contributed by atoms with Crippen LogP contribution in [0.2, 0.25) is 0 Å². The number of hydrogen-bond acceptors (Lipinski definition) is 4. The van der Waals surface area contributed by atoms with Crippen molar-refractivity contribution in [3.63, 3.8) is 0 Å². The number of carbonyl (C=O) groups is 1. The molecular weight excluding hydrogens is 194 g/mol. The molecule has 2 aromatic heterocycles. The van der Waals surface area contributed by atoms with Gasteiger partial charge in [-0.25, -0.2) is 0 Å². The molecule has 0 aliphatic heterocycles. The van der Waals surface area contributed by atoms with E-state index in [0.717, 1.165) is 0 Å². The van der Waals surface area contributed by atoms with E-state index in [2.05, 4.69) is 5.10 Å². The number of aromatic nitrogens is 2. The van der Waals surface area contributed by atoms with Crippen LogP contribution in [0.5, 0.6) is 0 Å². The fourth-order valence-corrected chi connectivity index (χ4v) is 1.28. The lowest BCUT2D eigenvalue weighted by Crippen LogP contribution is -2.00. The van der Waals surface area contributed by atoms with Gasteiger partial charge in [0.05, 0.1) is 6.54 Å². The lowest BCUT2D eigenvalue weighted by molar-refractivity contribution is 0.0985. The smallest absolute Gasteiger partial charge is 0.194 e. The molecule has 2 N–H and O–H groups in total. The second-order valence-corrected chi connectivity index (χ2v) is 3.26. The summed E-state index contributed by atoms with van der Waals surface area (Å²) in [6.45, 7) is 1.94. The maximum Gasteiger partial charge on any atom is 0.194 e. The van der Waals surface area contributed by atoms with Crippen LogP contribution in [-0.4, -0.2) is 15.6 Å². The predicted molar refractivity (Wildman–Crippen MR) is 54.5 cm³/mol. The quantitative estimate of drug-likeness (QED) is 0.766. The molecule has 0 atom stereocenters. The first-order valence-corrected chi connectivity index (χ1v) is 4.54. The zero-order chi connectivity index (χ0) is 10.8. The number of nitrogens with two attached hydrogens (primary N) is 1.